The first-order chi connectivity index (χ1) is 8.22. The average Bonchev–Trinajstić information content (AvgIpc) is 2.37. The molecule has 17 heavy (non-hydrogen) atoms. The van der Waals surface area contributed by atoms with Gasteiger partial charge in [0.25, 0.3) is 0 Å². The predicted molar refractivity (Wildman–Crippen MR) is 66.5 cm³/mol. The largest absolute Gasteiger partial charge is 0.493 e. The molecule has 0 saturated heterocycles. The molecule has 0 spiro atoms. The summed E-state index contributed by atoms with van der Waals surface area (Å²) in [6.45, 7) is 3.77. The van der Waals surface area contributed by atoms with Crippen LogP contribution in [0.1, 0.15) is 23.7 Å². The van der Waals surface area contributed by atoms with Crippen LogP contribution >= 0.6 is 0 Å². The van der Waals surface area contributed by atoms with Crippen LogP contribution in [0.3, 0.4) is 0 Å². The van der Waals surface area contributed by atoms with Gasteiger partial charge in [0.2, 0.25) is 0 Å². The van der Waals surface area contributed by atoms with Crippen LogP contribution in [0.25, 0.3) is 0 Å². The summed E-state index contributed by atoms with van der Waals surface area (Å²) in [7, 11) is 3.25. The molecule has 0 fully saturated rings. The van der Waals surface area contributed by atoms with E-state index in [2.05, 4.69) is 6.58 Å². The molecule has 2 unspecified atom stereocenters. The minimum atomic E-state index is -0.490. The molecule has 1 aliphatic carbocycles. The van der Waals surface area contributed by atoms with Crippen LogP contribution in [-0.4, -0.2) is 19.3 Å². The summed E-state index contributed by atoms with van der Waals surface area (Å²) >= 11 is 0. The monoisotopic (exact) mass is 234 g/mol. The Balaban J connectivity index is 2.50. The maximum atomic E-state index is 10.2. The molecular weight excluding hydrogens is 216 g/mol. The molecule has 3 heteroatoms. The highest BCUT2D eigenvalue weighted by Gasteiger charge is 2.29. The number of ether oxygens (including phenoxy) is 2. The van der Waals surface area contributed by atoms with Crippen molar-refractivity contribution in [2.24, 2.45) is 5.92 Å². The van der Waals surface area contributed by atoms with E-state index in [-0.39, 0.29) is 5.92 Å². The molecule has 0 aromatic heterocycles. The molecule has 2 rings (SSSR count). The van der Waals surface area contributed by atoms with E-state index in [9.17, 15) is 5.11 Å². The minimum Gasteiger partial charge on any atom is -0.493 e. The lowest BCUT2D eigenvalue weighted by Crippen LogP contribution is -2.19. The number of benzene rings is 1. The Morgan fingerprint density at radius 1 is 1.35 bits per heavy atom. The number of hydrogen-bond acceptors (Lipinski definition) is 3. The van der Waals surface area contributed by atoms with E-state index in [0.717, 1.165) is 35.5 Å². The first-order valence-electron chi connectivity index (χ1n) is 5.77. The van der Waals surface area contributed by atoms with Crippen molar-refractivity contribution in [2.45, 2.75) is 18.9 Å². The van der Waals surface area contributed by atoms with Gasteiger partial charge in [-0.05, 0) is 24.5 Å². The van der Waals surface area contributed by atoms with E-state index >= 15 is 0 Å². The Kier molecular flexibility index (Phi) is 3.38. The van der Waals surface area contributed by atoms with E-state index in [1.54, 1.807) is 14.2 Å². The Morgan fingerprint density at radius 2 is 2.12 bits per heavy atom. The fraction of sp³-hybridized carbons (Fsp3) is 0.429. The number of aliphatic hydroxyl groups excluding tert-OH is 1. The summed E-state index contributed by atoms with van der Waals surface area (Å²) in [4.78, 5) is 0. The minimum absolute atomic E-state index is 0.126. The summed E-state index contributed by atoms with van der Waals surface area (Å²) in [5.41, 5.74) is 1.98. The number of methoxy groups -OCH3 is 2. The van der Waals surface area contributed by atoms with Gasteiger partial charge in [-0.2, -0.15) is 0 Å². The van der Waals surface area contributed by atoms with Crippen LogP contribution in [0, 0.1) is 5.92 Å². The smallest absolute Gasteiger partial charge is 0.164 e. The van der Waals surface area contributed by atoms with Gasteiger partial charge < -0.3 is 14.6 Å². The molecule has 1 aliphatic rings. The van der Waals surface area contributed by atoms with Crippen molar-refractivity contribution in [1.82, 2.24) is 0 Å². The molecule has 0 radical (unpaired) electrons. The van der Waals surface area contributed by atoms with Crippen molar-refractivity contribution < 1.29 is 14.6 Å². The molecule has 92 valence electrons. The Hall–Kier alpha value is -1.48. The maximum absolute atomic E-state index is 10.2. The Morgan fingerprint density at radius 3 is 2.71 bits per heavy atom. The van der Waals surface area contributed by atoms with Crippen LogP contribution in [0.15, 0.2) is 24.8 Å². The summed E-state index contributed by atoms with van der Waals surface area (Å²) in [5.74, 6) is 1.59. The third-order valence-electron chi connectivity index (χ3n) is 3.44. The fourth-order valence-electron chi connectivity index (χ4n) is 2.49. The average molecular weight is 234 g/mol. The summed E-state index contributed by atoms with van der Waals surface area (Å²) in [6, 6.07) is 3.75. The van der Waals surface area contributed by atoms with Crippen LogP contribution in [0.4, 0.5) is 0 Å². The highest BCUT2D eigenvalue weighted by molar-refractivity contribution is 5.52. The van der Waals surface area contributed by atoms with E-state index in [0.29, 0.717) is 0 Å². The zero-order valence-electron chi connectivity index (χ0n) is 10.3. The maximum Gasteiger partial charge on any atom is 0.164 e. The molecule has 1 N–H and O–H groups in total. The Bertz CT molecular complexity index is 426. The number of hydrogen-bond donors (Lipinski definition) is 1. The highest BCUT2D eigenvalue weighted by atomic mass is 16.5. The van der Waals surface area contributed by atoms with Gasteiger partial charge in [-0.25, -0.2) is 0 Å². The topological polar surface area (TPSA) is 38.7 Å². The fourth-order valence-corrected chi connectivity index (χ4v) is 2.49. The highest BCUT2D eigenvalue weighted by Crippen LogP contribution is 2.43. The quantitative estimate of drug-likeness (QED) is 0.817. The van der Waals surface area contributed by atoms with E-state index in [1.165, 1.54) is 0 Å². The molecule has 0 heterocycles. The number of fused-ring (bicyclic) bond motifs is 1. The van der Waals surface area contributed by atoms with Gasteiger partial charge in [0.15, 0.2) is 11.5 Å². The molecule has 1 aromatic rings. The van der Waals surface area contributed by atoms with Gasteiger partial charge >= 0.3 is 0 Å². The Labute approximate surface area is 102 Å². The normalized spacial score (nSPS) is 22.8. The first kappa shape index (κ1) is 12.0. The second-order valence-corrected chi connectivity index (χ2v) is 4.25. The van der Waals surface area contributed by atoms with E-state index in [4.69, 9.17) is 9.47 Å². The predicted octanol–water partition coefficient (Wildman–Crippen LogP) is 2.49. The lowest BCUT2D eigenvalue weighted by atomic mass is 9.81. The van der Waals surface area contributed by atoms with Crippen molar-refractivity contribution in [3.8, 4) is 11.5 Å². The second-order valence-electron chi connectivity index (χ2n) is 4.25. The first-order valence-corrected chi connectivity index (χ1v) is 5.77. The van der Waals surface area contributed by atoms with Crippen molar-refractivity contribution in [3.63, 3.8) is 0 Å². The molecule has 1 aromatic carbocycles. The van der Waals surface area contributed by atoms with Crippen molar-refractivity contribution in [2.75, 3.05) is 14.2 Å². The SMILES string of the molecule is C=CC1CCc2c(ccc(OC)c2OC)C1O. The molecule has 0 bridgehead atoms. The third kappa shape index (κ3) is 1.91. The standard InChI is InChI=1S/C14H18O3/c1-4-9-5-6-11-10(13(9)15)7-8-12(16-2)14(11)17-3/h4,7-9,13,15H,1,5-6H2,2-3H3. The van der Waals surface area contributed by atoms with Gasteiger partial charge in [-0.15, -0.1) is 6.58 Å². The molecule has 0 saturated carbocycles. The lowest BCUT2D eigenvalue weighted by Gasteiger charge is -2.29. The van der Waals surface area contributed by atoms with Gasteiger partial charge in [0.05, 0.1) is 20.3 Å². The summed E-state index contributed by atoms with van der Waals surface area (Å²) in [6.07, 6.45) is 3.10. The van der Waals surface area contributed by atoms with Crippen LogP contribution in [0.5, 0.6) is 11.5 Å². The van der Waals surface area contributed by atoms with Gasteiger partial charge in [-0.1, -0.05) is 12.1 Å². The van der Waals surface area contributed by atoms with Gasteiger partial charge in [0, 0.05) is 11.5 Å². The van der Waals surface area contributed by atoms with Crippen LogP contribution in [-0.2, 0) is 6.42 Å². The zero-order valence-corrected chi connectivity index (χ0v) is 10.3. The zero-order chi connectivity index (χ0) is 12.4. The van der Waals surface area contributed by atoms with Crippen molar-refractivity contribution in [3.05, 3.63) is 35.9 Å². The van der Waals surface area contributed by atoms with E-state index in [1.807, 2.05) is 18.2 Å². The third-order valence-corrected chi connectivity index (χ3v) is 3.44. The number of rotatable bonds is 3. The summed E-state index contributed by atoms with van der Waals surface area (Å²) in [5, 5.41) is 10.2. The number of aliphatic hydroxyl groups is 1. The molecule has 2 atom stereocenters. The van der Waals surface area contributed by atoms with Gasteiger partial charge in [0.1, 0.15) is 0 Å². The summed E-state index contributed by atoms with van der Waals surface area (Å²) < 4.78 is 10.7. The lowest BCUT2D eigenvalue weighted by molar-refractivity contribution is 0.117. The van der Waals surface area contributed by atoms with Crippen molar-refractivity contribution in [1.29, 1.82) is 0 Å². The second kappa shape index (κ2) is 4.80. The molecule has 0 aliphatic heterocycles. The molecular formula is C14H18O3. The van der Waals surface area contributed by atoms with Crippen molar-refractivity contribution >= 4 is 0 Å². The molecule has 3 nitrogen and oxygen atoms in total. The van der Waals surface area contributed by atoms with Crippen LogP contribution < -0.4 is 9.47 Å². The van der Waals surface area contributed by atoms with Gasteiger partial charge in [-0.3, -0.25) is 0 Å². The molecule has 0 amide bonds. The van der Waals surface area contributed by atoms with Crippen LogP contribution in [0.2, 0.25) is 0 Å². The van der Waals surface area contributed by atoms with E-state index < -0.39 is 6.10 Å².